The van der Waals surface area contributed by atoms with E-state index in [9.17, 15) is 0 Å². The van der Waals surface area contributed by atoms with Crippen molar-refractivity contribution in [3.8, 4) is 33.9 Å². The maximum Gasteiger partial charge on any atom is 0.164 e. The molecule has 0 unspecified atom stereocenters. The monoisotopic (exact) mass is 415 g/mol. The maximum atomic E-state index is 4.95. The van der Waals surface area contributed by atoms with Crippen LogP contribution in [0.1, 0.15) is 26.6 Å². The van der Waals surface area contributed by atoms with Crippen LogP contribution in [0.2, 0.25) is 0 Å². The van der Waals surface area contributed by atoms with E-state index in [1.165, 1.54) is 10.9 Å². The topological polar surface area (TPSA) is 38.7 Å². The number of rotatable bonds is 3. The molecule has 0 saturated heterocycles. The fraction of sp³-hybridized carbons (Fsp3) is 0.138. The number of hydrogen-bond donors (Lipinski definition) is 0. The highest BCUT2D eigenvalue weighted by Crippen LogP contribution is 2.31. The Bertz CT molecular complexity index is 1390. The minimum absolute atomic E-state index is 0.200. The average molecular weight is 416 g/mol. The highest BCUT2D eigenvalue weighted by atomic mass is 15.0. The number of benzene rings is 4. The molecule has 0 bridgehead atoms. The molecule has 0 amide bonds. The van der Waals surface area contributed by atoms with Crippen LogP contribution in [0.5, 0.6) is 0 Å². The summed E-state index contributed by atoms with van der Waals surface area (Å²) < 4.78 is 0. The highest BCUT2D eigenvalue weighted by Gasteiger charge is 2.21. The molecule has 32 heavy (non-hydrogen) atoms. The van der Waals surface area contributed by atoms with E-state index in [2.05, 4.69) is 112 Å². The largest absolute Gasteiger partial charge is 0.212 e. The first-order valence-electron chi connectivity index (χ1n) is 10.9. The van der Waals surface area contributed by atoms with Gasteiger partial charge in [0.2, 0.25) is 0 Å². The molecule has 4 aromatic carbocycles. The molecule has 3 heteroatoms. The van der Waals surface area contributed by atoms with Crippen molar-refractivity contribution >= 4 is 10.8 Å². The van der Waals surface area contributed by atoms with E-state index < -0.39 is 0 Å². The third-order valence-electron chi connectivity index (χ3n) is 5.56. The number of aromatic nitrogens is 3. The van der Waals surface area contributed by atoms with Crippen LogP contribution in [0.25, 0.3) is 44.7 Å². The lowest BCUT2D eigenvalue weighted by Crippen LogP contribution is -2.18. The Kier molecular flexibility index (Phi) is 5.02. The minimum Gasteiger partial charge on any atom is -0.212 e. The number of nitrogens with zero attached hydrogens (tertiary/aromatic N) is 3. The Morgan fingerprint density at radius 3 is 1.97 bits per heavy atom. The zero-order valence-electron chi connectivity index (χ0n) is 18.6. The lowest BCUT2D eigenvalue weighted by Gasteiger charge is -2.18. The van der Waals surface area contributed by atoms with E-state index in [1.54, 1.807) is 0 Å². The summed E-state index contributed by atoms with van der Waals surface area (Å²) >= 11 is 0. The third-order valence-corrected chi connectivity index (χ3v) is 5.56. The van der Waals surface area contributed by atoms with Gasteiger partial charge in [0.15, 0.2) is 11.6 Å². The highest BCUT2D eigenvalue weighted by molar-refractivity contribution is 5.95. The summed E-state index contributed by atoms with van der Waals surface area (Å²) in [7, 11) is 0. The van der Waals surface area contributed by atoms with Gasteiger partial charge in [-0.05, 0) is 28.0 Å². The van der Waals surface area contributed by atoms with Gasteiger partial charge in [0.1, 0.15) is 5.82 Å². The van der Waals surface area contributed by atoms with Gasteiger partial charge in [-0.3, -0.25) is 0 Å². The molecule has 0 spiro atoms. The van der Waals surface area contributed by atoms with E-state index >= 15 is 0 Å². The Hall–Kier alpha value is -3.85. The van der Waals surface area contributed by atoms with Crippen LogP contribution in [-0.2, 0) is 5.41 Å². The smallest absolute Gasteiger partial charge is 0.164 e. The van der Waals surface area contributed by atoms with Crippen LogP contribution in [0.3, 0.4) is 0 Å². The van der Waals surface area contributed by atoms with E-state index in [1.807, 2.05) is 6.07 Å². The normalized spacial score (nSPS) is 11.6. The average Bonchev–Trinajstić information content (AvgIpc) is 2.83. The van der Waals surface area contributed by atoms with Crippen LogP contribution in [0.15, 0.2) is 97.1 Å². The predicted molar refractivity (Wildman–Crippen MR) is 132 cm³/mol. The van der Waals surface area contributed by atoms with E-state index in [0.717, 1.165) is 27.9 Å². The SMILES string of the molecule is CC(C)(C)c1nc(-c2cccc(-c3ccccc3)c2)nc(-c2cccc3ccccc23)n1. The molecule has 0 aliphatic rings. The van der Waals surface area contributed by atoms with Crippen LogP contribution < -0.4 is 0 Å². The Labute approximate surface area is 188 Å². The first kappa shape index (κ1) is 20.1. The molecule has 156 valence electrons. The molecule has 0 fully saturated rings. The number of fused-ring (bicyclic) bond motifs is 1. The van der Waals surface area contributed by atoms with E-state index in [4.69, 9.17) is 15.0 Å². The van der Waals surface area contributed by atoms with E-state index in [-0.39, 0.29) is 5.41 Å². The van der Waals surface area contributed by atoms with Crippen LogP contribution in [-0.4, -0.2) is 15.0 Å². The van der Waals surface area contributed by atoms with Gasteiger partial charge in [-0.1, -0.05) is 112 Å². The van der Waals surface area contributed by atoms with Gasteiger partial charge < -0.3 is 0 Å². The van der Waals surface area contributed by atoms with Gasteiger partial charge >= 0.3 is 0 Å². The zero-order chi connectivity index (χ0) is 22.1. The fourth-order valence-corrected chi connectivity index (χ4v) is 3.85. The Morgan fingerprint density at radius 1 is 0.531 bits per heavy atom. The van der Waals surface area contributed by atoms with Crippen molar-refractivity contribution in [1.29, 1.82) is 0 Å². The predicted octanol–water partition coefficient (Wildman–Crippen LogP) is 7.32. The summed E-state index contributed by atoms with van der Waals surface area (Å²) in [6.07, 6.45) is 0. The van der Waals surface area contributed by atoms with Crippen molar-refractivity contribution in [2.45, 2.75) is 26.2 Å². The summed E-state index contributed by atoms with van der Waals surface area (Å²) in [5.41, 5.74) is 4.13. The summed E-state index contributed by atoms with van der Waals surface area (Å²) in [5.74, 6) is 2.20. The Morgan fingerprint density at radius 2 is 1.16 bits per heavy atom. The van der Waals surface area contributed by atoms with Crippen molar-refractivity contribution in [1.82, 2.24) is 15.0 Å². The van der Waals surface area contributed by atoms with Gasteiger partial charge in [0.05, 0.1) is 0 Å². The van der Waals surface area contributed by atoms with Crippen LogP contribution in [0, 0.1) is 0 Å². The Balaban J connectivity index is 1.71. The van der Waals surface area contributed by atoms with Crippen molar-refractivity contribution in [2.75, 3.05) is 0 Å². The molecule has 0 aliphatic heterocycles. The summed E-state index contributed by atoms with van der Waals surface area (Å²) in [6.45, 7) is 6.41. The molecular formula is C29H25N3. The molecular weight excluding hydrogens is 390 g/mol. The van der Waals surface area contributed by atoms with Crippen molar-refractivity contribution in [3.05, 3.63) is 103 Å². The maximum absolute atomic E-state index is 4.95. The quantitative estimate of drug-likeness (QED) is 0.310. The second-order valence-corrected chi connectivity index (χ2v) is 9.03. The third kappa shape index (κ3) is 3.90. The van der Waals surface area contributed by atoms with Gasteiger partial charge in [-0.25, -0.2) is 15.0 Å². The molecule has 1 aromatic heterocycles. The second kappa shape index (κ2) is 8.01. The van der Waals surface area contributed by atoms with Crippen LogP contribution in [0.4, 0.5) is 0 Å². The van der Waals surface area contributed by atoms with Crippen molar-refractivity contribution in [3.63, 3.8) is 0 Å². The van der Waals surface area contributed by atoms with E-state index in [0.29, 0.717) is 11.6 Å². The lowest BCUT2D eigenvalue weighted by molar-refractivity contribution is 0.543. The van der Waals surface area contributed by atoms with Gasteiger partial charge in [0, 0.05) is 16.5 Å². The van der Waals surface area contributed by atoms with Gasteiger partial charge in [-0.15, -0.1) is 0 Å². The number of hydrogen-bond acceptors (Lipinski definition) is 3. The molecule has 0 aliphatic carbocycles. The van der Waals surface area contributed by atoms with Gasteiger partial charge in [0.25, 0.3) is 0 Å². The molecule has 0 radical (unpaired) electrons. The van der Waals surface area contributed by atoms with Crippen LogP contribution >= 0.6 is 0 Å². The fourth-order valence-electron chi connectivity index (χ4n) is 3.85. The first-order chi connectivity index (χ1) is 15.5. The molecule has 0 saturated carbocycles. The zero-order valence-corrected chi connectivity index (χ0v) is 18.6. The molecule has 5 rings (SSSR count). The molecule has 0 N–H and O–H groups in total. The van der Waals surface area contributed by atoms with Gasteiger partial charge in [-0.2, -0.15) is 0 Å². The van der Waals surface area contributed by atoms with Crippen molar-refractivity contribution < 1.29 is 0 Å². The standard InChI is InChI=1S/C29H25N3/c1-29(2,3)28-31-26(23-16-9-15-22(19-23)20-11-5-4-6-12-20)30-27(32-28)25-18-10-14-21-13-7-8-17-24(21)25/h4-19H,1-3H3. The summed E-state index contributed by atoms with van der Waals surface area (Å²) in [6, 6.07) is 33.4. The summed E-state index contributed by atoms with van der Waals surface area (Å²) in [5, 5.41) is 2.32. The second-order valence-electron chi connectivity index (χ2n) is 9.03. The minimum atomic E-state index is -0.200. The molecule has 3 nitrogen and oxygen atoms in total. The molecule has 1 heterocycles. The summed E-state index contributed by atoms with van der Waals surface area (Å²) in [4.78, 5) is 14.8. The lowest BCUT2D eigenvalue weighted by atomic mass is 9.95. The molecule has 5 aromatic rings. The molecule has 0 atom stereocenters. The first-order valence-corrected chi connectivity index (χ1v) is 10.9. The van der Waals surface area contributed by atoms with Crippen molar-refractivity contribution in [2.24, 2.45) is 0 Å².